The van der Waals surface area contributed by atoms with Gasteiger partial charge in [0.25, 0.3) is 0 Å². The van der Waals surface area contributed by atoms with Gasteiger partial charge in [-0.3, -0.25) is 4.79 Å². The van der Waals surface area contributed by atoms with Crippen LogP contribution in [0, 0.1) is 0 Å². The SMILES string of the molecule is CN(C)C(C)(C)CCC1(C(=O)c2ccccc2)OCc2ccccc21.Cl. The summed E-state index contributed by atoms with van der Waals surface area (Å²) in [6.45, 7) is 4.90. The third-order valence-electron chi connectivity index (χ3n) is 5.63. The molecule has 1 atom stereocenters. The maximum atomic E-state index is 13.5. The second-order valence-electron chi connectivity index (χ2n) is 7.67. The maximum Gasteiger partial charge on any atom is 0.199 e. The van der Waals surface area contributed by atoms with E-state index in [1.807, 2.05) is 48.5 Å². The lowest BCUT2D eigenvalue weighted by Crippen LogP contribution is -2.42. The highest BCUT2D eigenvalue weighted by atomic mass is 35.5. The van der Waals surface area contributed by atoms with Crippen LogP contribution in [0.5, 0.6) is 0 Å². The molecule has 0 bridgehead atoms. The van der Waals surface area contributed by atoms with Gasteiger partial charge in [-0.05, 0) is 51.9 Å². The molecule has 2 aromatic carbocycles. The minimum Gasteiger partial charge on any atom is -0.357 e. The van der Waals surface area contributed by atoms with Gasteiger partial charge in [-0.15, -0.1) is 12.4 Å². The molecule has 1 aliphatic rings. The van der Waals surface area contributed by atoms with Crippen molar-refractivity contribution >= 4 is 18.2 Å². The fraction of sp³-hybridized carbons (Fsp3) is 0.409. The van der Waals surface area contributed by atoms with Crippen LogP contribution in [0.4, 0.5) is 0 Å². The second-order valence-corrected chi connectivity index (χ2v) is 7.67. The number of carbonyl (C=O) groups excluding carboxylic acids is 1. The third kappa shape index (κ3) is 3.71. The van der Waals surface area contributed by atoms with Gasteiger partial charge in [-0.25, -0.2) is 0 Å². The Morgan fingerprint density at radius 3 is 2.35 bits per heavy atom. The first kappa shape index (κ1) is 20.6. The molecule has 1 heterocycles. The average Bonchev–Trinajstić information content (AvgIpc) is 3.00. The van der Waals surface area contributed by atoms with Gasteiger partial charge in [-0.2, -0.15) is 0 Å². The van der Waals surface area contributed by atoms with Crippen LogP contribution in [0.15, 0.2) is 54.6 Å². The molecule has 0 saturated heterocycles. The average molecular weight is 374 g/mol. The second kappa shape index (κ2) is 7.91. The smallest absolute Gasteiger partial charge is 0.199 e. The zero-order valence-corrected chi connectivity index (χ0v) is 16.8. The highest BCUT2D eigenvalue weighted by molar-refractivity contribution is 6.03. The number of halogens is 1. The fourth-order valence-corrected chi connectivity index (χ4v) is 3.36. The molecule has 26 heavy (non-hydrogen) atoms. The van der Waals surface area contributed by atoms with Crippen LogP contribution < -0.4 is 0 Å². The number of nitrogens with zero attached hydrogens (tertiary/aromatic N) is 1. The van der Waals surface area contributed by atoms with E-state index < -0.39 is 5.60 Å². The lowest BCUT2D eigenvalue weighted by molar-refractivity contribution is -0.0317. The Labute approximate surface area is 162 Å². The van der Waals surface area contributed by atoms with Crippen molar-refractivity contribution in [2.24, 2.45) is 0 Å². The summed E-state index contributed by atoms with van der Waals surface area (Å²) in [5, 5.41) is 0. The Bertz CT molecular complexity index is 758. The van der Waals surface area contributed by atoms with Crippen LogP contribution in [0.2, 0.25) is 0 Å². The van der Waals surface area contributed by atoms with Crippen molar-refractivity contribution in [2.75, 3.05) is 14.1 Å². The van der Waals surface area contributed by atoms with Gasteiger partial charge in [0.2, 0.25) is 0 Å². The van der Waals surface area contributed by atoms with Gasteiger partial charge in [-0.1, -0.05) is 54.6 Å². The molecule has 140 valence electrons. The van der Waals surface area contributed by atoms with Crippen LogP contribution in [0.25, 0.3) is 0 Å². The summed E-state index contributed by atoms with van der Waals surface area (Å²) in [7, 11) is 4.16. The third-order valence-corrected chi connectivity index (χ3v) is 5.63. The number of Topliss-reactive ketones (excluding diaryl/α,β-unsaturated/α-hetero) is 1. The molecule has 0 fully saturated rings. The van der Waals surface area contributed by atoms with Crippen LogP contribution in [-0.2, 0) is 16.9 Å². The maximum absolute atomic E-state index is 13.5. The van der Waals surface area contributed by atoms with Crippen molar-refractivity contribution in [1.82, 2.24) is 4.90 Å². The van der Waals surface area contributed by atoms with Crippen molar-refractivity contribution in [1.29, 1.82) is 0 Å². The Morgan fingerprint density at radius 1 is 1.08 bits per heavy atom. The van der Waals surface area contributed by atoms with Crippen LogP contribution in [-0.4, -0.2) is 30.3 Å². The molecule has 0 aliphatic carbocycles. The van der Waals surface area contributed by atoms with E-state index in [9.17, 15) is 4.79 Å². The lowest BCUT2D eigenvalue weighted by atomic mass is 9.79. The van der Waals surface area contributed by atoms with Crippen LogP contribution >= 0.6 is 12.4 Å². The number of benzene rings is 2. The predicted octanol–water partition coefficient (Wildman–Crippen LogP) is 4.84. The lowest BCUT2D eigenvalue weighted by Gasteiger charge is -2.37. The number of ketones is 1. The van der Waals surface area contributed by atoms with Gasteiger partial charge in [0.1, 0.15) is 0 Å². The first-order valence-electron chi connectivity index (χ1n) is 8.86. The first-order valence-corrected chi connectivity index (χ1v) is 8.86. The molecule has 3 nitrogen and oxygen atoms in total. The molecule has 0 spiro atoms. The van der Waals surface area contributed by atoms with Crippen molar-refractivity contribution in [2.45, 2.75) is 44.4 Å². The molecular weight excluding hydrogens is 346 g/mol. The van der Waals surface area contributed by atoms with Crippen molar-refractivity contribution in [3.05, 3.63) is 71.3 Å². The largest absolute Gasteiger partial charge is 0.357 e. The summed E-state index contributed by atoms with van der Waals surface area (Å²) in [4.78, 5) is 15.7. The zero-order valence-electron chi connectivity index (χ0n) is 16.0. The Kier molecular flexibility index (Phi) is 6.28. The number of carbonyl (C=O) groups is 1. The summed E-state index contributed by atoms with van der Waals surface area (Å²) in [6, 6.07) is 17.6. The van der Waals surface area contributed by atoms with Crippen LogP contribution in [0.3, 0.4) is 0 Å². The molecule has 1 aliphatic heterocycles. The van der Waals surface area contributed by atoms with E-state index in [0.717, 1.165) is 17.5 Å². The number of hydrogen-bond acceptors (Lipinski definition) is 3. The van der Waals surface area contributed by atoms with Gasteiger partial charge in [0.15, 0.2) is 11.4 Å². The molecular formula is C22H28ClNO2. The molecule has 0 saturated carbocycles. The molecule has 3 rings (SSSR count). The molecule has 4 heteroatoms. The summed E-state index contributed by atoms with van der Waals surface area (Å²) in [5.74, 6) is 0.0626. The Morgan fingerprint density at radius 2 is 1.69 bits per heavy atom. The van der Waals surface area contributed by atoms with Gasteiger partial charge in [0.05, 0.1) is 6.61 Å². The number of rotatable bonds is 6. The summed E-state index contributed by atoms with van der Waals surface area (Å²) in [6.07, 6.45) is 1.54. The molecule has 0 radical (unpaired) electrons. The highest BCUT2D eigenvalue weighted by Gasteiger charge is 2.47. The normalized spacial score (nSPS) is 19.1. The molecule has 0 aromatic heterocycles. The summed E-state index contributed by atoms with van der Waals surface area (Å²) < 4.78 is 6.23. The summed E-state index contributed by atoms with van der Waals surface area (Å²) in [5.41, 5.74) is 1.96. The number of fused-ring (bicyclic) bond motifs is 1. The standard InChI is InChI=1S/C22H27NO2.ClH/c1-21(2,23(3)4)14-15-22(20(24)17-10-6-5-7-11-17)19-13-9-8-12-18(19)16-25-22;/h5-13H,14-16H2,1-4H3;1H. The van der Waals surface area contributed by atoms with Gasteiger partial charge >= 0.3 is 0 Å². The molecule has 2 aromatic rings. The van der Waals surface area contributed by atoms with E-state index in [1.165, 1.54) is 0 Å². The van der Waals surface area contributed by atoms with Crippen molar-refractivity contribution in [3.8, 4) is 0 Å². The van der Waals surface area contributed by atoms with E-state index in [1.54, 1.807) is 0 Å². The van der Waals surface area contributed by atoms with E-state index in [2.05, 4.69) is 38.9 Å². The van der Waals surface area contributed by atoms with Crippen molar-refractivity contribution < 1.29 is 9.53 Å². The predicted molar refractivity (Wildman–Crippen MR) is 108 cm³/mol. The van der Waals surface area contributed by atoms with E-state index in [0.29, 0.717) is 18.6 Å². The fourth-order valence-electron chi connectivity index (χ4n) is 3.36. The van der Waals surface area contributed by atoms with Gasteiger partial charge < -0.3 is 9.64 Å². The Hall–Kier alpha value is -1.68. The molecule has 0 amide bonds. The zero-order chi connectivity index (χ0) is 18.1. The van der Waals surface area contributed by atoms with E-state index in [4.69, 9.17) is 4.74 Å². The Balaban J connectivity index is 0.00000243. The van der Waals surface area contributed by atoms with E-state index >= 15 is 0 Å². The summed E-state index contributed by atoms with van der Waals surface area (Å²) >= 11 is 0. The van der Waals surface area contributed by atoms with Gasteiger partial charge in [0, 0.05) is 11.1 Å². The molecule has 1 unspecified atom stereocenters. The van der Waals surface area contributed by atoms with Crippen LogP contribution in [0.1, 0.15) is 48.2 Å². The monoisotopic (exact) mass is 373 g/mol. The van der Waals surface area contributed by atoms with Crippen molar-refractivity contribution in [3.63, 3.8) is 0 Å². The quantitative estimate of drug-likeness (QED) is 0.679. The topological polar surface area (TPSA) is 29.5 Å². The highest BCUT2D eigenvalue weighted by Crippen LogP contribution is 2.43. The molecule has 0 N–H and O–H groups in total. The number of ether oxygens (including phenoxy) is 1. The minimum absolute atomic E-state index is 0. The number of hydrogen-bond donors (Lipinski definition) is 0. The minimum atomic E-state index is -0.884. The first-order chi connectivity index (χ1) is 11.9. The van der Waals surface area contributed by atoms with E-state index in [-0.39, 0.29) is 23.7 Å².